The average Bonchev–Trinajstić information content (AvgIpc) is 2.88. The summed E-state index contributed by atoms with van der Waals surface area (Å²) in [5.74, 6) is -0.0860. The number of ether oxygens (including phenoxy) is 3. The highest BCUT2D eigenvalue weighted by Crippen LogP contribution is 2.31. The molecule has 0 aliphatic rings. The van der Waals surface area contributed by atoms with E-state index in [1.165, 1.54) is 13.3 Å². The van der Waals surface area contributed by atoms with Gasteiger partial charge in [0.25, 0.3) is 0 Å². The Kier molecular flexibility index (Phi) is 9.68. The van der Waals surface area contributed by atoms with Gasteiger partial charge in [-0.05, 0) is 60.5 Å². The quantitative estimate of drug-likeness (QED) is 0.216. The summed E-state index contributed by atoms with van der Waals surface area (Å²) in [6.45, 7) is 2.93. The second-order valence-corrected chi connectivity index (χ2v) is 8.24. The first-order valence-corrected chi connectivity index (χ1v) is 11.7. The van der Waals surface area contributed by atoms with Crippen molar-refractivity contribution in [2.24, 2.45) is 5.10 Å². The maximum atomic E-state index is 12.2. The molecule has 0 atom stereocenters. The summed E-state index contributed by atoms with van der Waals surface area (Å²) in [7, 11) is 1.54. The molecule has 0 bridgehead atoms. The van der Waals surface area contributed by atoms with Crippen LogP contribution in [0.2, 0.25) is 0 Å². The third-order valence-electron chi connectivity index (χ3n) is 4.69. The van der Waals surface area contributed by atoms with Gasteiger partial charge in [0.05, 0.1) is 19.9 Å². The van der Waals surface area contributed by atoms with Crippen LogP contribution in [0, 0.1) is 0 Å². The van der Waals surface area contributed by atoms with Gasteiger partial charge in [0.2, 0.25) is 0 Å². The highest BCUT2D eigenvalue weighted by Gasteiger charge is 2.14. The Morgan fingerprint density at radius 1 is 0.971 bits per heavy atom. The summed E-state index contributed by atoms with van der Waals surface area (Å²) in [4.78, 5) is 24.4. The Morgan fingerprint density at radius 2 is 1.71 bits per heavy atom. The highest BCUT2D eigenvalue weighted by molar-refractivity contribution is 9.10. The fourth-order valence-electron chi connectivity index (χ4n) is 2.94. The Morgan fingerprint density at radius 3 is 2.40 bits per heavy atom. The van der Waals surface area contributed by atoms with Crippen molar-refractivity contribution in [3.8, 4) is 17.2 Å². The molecule has 0 aromatic heterocycles. The van der Waals surface area contributed by atoms with Crippen LogP contribution in [0.25, 0.3) is 0 Å². The van der Waals surface area contributed by atoms with Gasteiger partial charge >= 0.3 is 11.8 Å². The van der Waals surface area contributed by atoms with Crippen LogP contribution in [0.3, 0.4) is 0 Å². The van der Waals surface area contributed by atoms with Gasteiger partial charge < -0.3 is 19.5 Å². The van der Waals surface area contributed by atoms with Crippen LogP contribution in [0.15, 0.2) is 76.3 Å². The molecular weight excluding hydrogens is 514 g/mol. The molecule has 0 saturated heterocycles. The topological polar surface area (TPSA) is 98.2 Å². The number of carbonyl (C=O) groups is 2. The van der Waals surface area contributed by atoms with Crippen LogP contribution < -0.4 is 25.0 Å². The summed E-state index contributed by atoms with van der Waals surface area (Å²) in [6.07, 6.45) is 2.29. The largest absolute Gasteiger partial charge is 0.494 e. The van der Waals surface area contributed by atoms with Gasteiger partial charge in [-0.15, -0.1) is 0 Å². The van der Waals surface area contributed by atoms with Crippen molar-refractivity contribution < 1.29 is 23.8 Å². The van der Waals surface area contributed by atoms with Gasteiger partial charge in [-0.3, -0.25) is 9.59 Å². The zero-order valence-corrected chi connectivity index (χ0v) is 21.0. The number of hydrogen-bond donors (Lipinski definition) is 2. The van der Waals surface area contributed by atoms with E-state index in [-0.39, 0.29) is 0 Å². The fraction of sp³-hybridized carbons (Fsp3) is 0.192. The molecule has 0 unspecified atom stereocenters. The van der Waals surface area contributed by atoms with Crippen LogP contribution in [0.4, 0.5) is 5.69 Å². The van der Waals surface area contributed by atoms with Crippen molar-refractivity contribution in [1.82, 2.24) is 5.43 Å². The van der Waals surface area contributed by atoms with Crippen molar-refractivity contribution >= 4 is 39.6 Å². The smallest absolute Gasteiger partial charge is 0.329 e. The van der Waals surface area contributed by atoms with E-state index in [9.17, 15) is 9.59 Å². The van der Waals surface area contributed by atoms with Crippen LogP contribution in [0.5, 0.6) is 17.2 Å². The summed E-state index contributed by atoms with van der Waals surface area (Å²) in [5, 5.41) is 6.42. The molecule has 9 heteroatoms. The number of anilines is 1. The van der Waals surface area contributed by atoms with E-state index >= 15 is 0 Å². The number of benzene rings is 3. The maximum Gasteiger partial charge on any atom is 0.329 e. The summed E-state index contributed by atoms with van der Waals surface area (Å²) < 4.78 is 17.8. The van der Waals surface area contributed by atoms with E-state index in [0.29, 0.717) is 41.7 Å². The van der Waals surface area contributed by atoms with E-state index in [4.69, 9.17) is 14.2 Å². The SMILES string of the molecule is CCCOc1ccc(NC(=O)C(=O)N/N=C\c2cccc(OC)c2OCc2ccc(Br)cc2)cc1. The van der Waals surface area contributed by atoms with Crippen LogP contribution >= 0.6 is 15.9 Å². The first-order valence-electron chi connectivity index (χ1n) is 10.9. The first-order chi connectivity index (χ1) is 17.0. The number of amides is 2. The summed E-state index contributed by atoms with van der Waals surface area (Å²) >= 11 is 3.41. The molecule has 2 N–H and O–H groups in total. The normalized spacial score (nSPS) is 10.6. The number of para-hydroxylation sites is 1. The summed E-state index contributed by atoms with van der Waals surface area (Å²) in [5.41, 5.74) is 4.24. The van der Waals surface area contributed by atoms with Gasteiger partial charge in [0.1, 0.15) is 12.4 Å². The third-order valence-corrected chi connectivity index (χ3v) is 5.22. The molecule has 35 heavy (non-hydrogen) atoms. The molecule has 182 valence electrons. The molecule has 2 amide bonds. The average molecular weight is 540 g/mol. The number of halogens is 1. The van der Waals surface area contributed by atoms with Gasteiger partial charge in [0, 0.05) is 15.7 Å². The van der Waals surface area contributed by atoms with Crippen LogP contribution in [0.1, 0.15) is 24.5 Å². The predicted molar refractivity (Wildman–Crippen MR) is 138 cm³/mol. The van der Waals surface area contributed by atoms with Gasteiger partial charge in [-0.1, -0.05) is 41.1 Å². The summed E-state index contributed by atoms with van der Waals surface area (Å²) in [6, 6.07) is 19.8. The first kappa shape index (κ1) is 25.8. The third kappa shape index (κ3) is 7.86. The lowest BCUT2D eigenvalue weighted by Crippen LogP contribution is -2.32. The standard InChI is InChI=1S/C26H26BrN3O5/c1-3-15-34-22-13-11-21(12-14-22)29-25(31)26(32)30-28-16-19-5-4-6-23(33-2)24(19)35-17-18-7-9-20(27)10-8-18/h4-14,16H,3,15,17H2,1-2H3,(H,29,31)(H,30,32)/b28-16-. The number of methoxy groups -OCH3 is 1. The molecule has 0 radical (unpaired) electrons. The van der Waals surface area contributed by atoms with Gasteiger partial charge in [-0.25, -0.2) is 5.43 Å². The highest BCUT2D eigenvalue weighted by atomic mass is 79.9. The van der Waals surface area contributed by atoms with Crippen molar-refractivity contribution in [3.63, 3.8) is 0 Å². The second-order valence-electron chi connectivity index (χ2n) is 7.32. The Hall–Kier alpha value is -3.85. The number of nitrogens with zero attached hydrogens (tertiary/aromatic N) is 1. The number of hydrogen-bond acceptors (Lipinski definition) is 6. The van der Waals surface area contributed by atoms with E-state index in [2.05, 4.69) is 31.8 Å². The lowest BCUT2D eigenvalue weighted by molar-refractivity contribution is -0.136. The lowest BCUT2D eigenvalue weighted by atomic mass is 10.2. The minimum Gasteiger partial charge on any atom is -0.494 e. The minimum atomic E-state index is -0.909. The van der Waals surface area contributed by atoms with Gasteiger partial charge in [0.15, 0.2) is 11.5 Å². The van der Waals surface area contributed by atoms with Crippen molar-refractivity contribution in [2.45, 2.75) is 20.0 Å². The molecule has 0 aliphatic carbocycles. The molecule has 0 heterocycles. The number of carbonyl (C=O) groups excluding carboxylic acids is 2. The molecule has 3 aromatic carbocycles. The molecular formula is C26H26BrN3O5. The molecule has 0 spiro atoms. The van der Waals surface area contributed by atoms with Crippen LogP contribution in [-0.4, -0.2) is 31.7 Å². The van der Waals surface area contributed by atoms with Crippen molar-refractivity contribution in [1.29, 1.82) is 0 Å². The van der Waals surface area contributed by atoms with Gasteiger partial charge in [-0.2, -0.15) is 5.10 Å². The zero-order valence-electron chi connectivity index (χ0n) is 19.4. The van der Waals surface area contributed by atoms with E-state index < -0.39 is 11.8 Å². The lowest BCUT2D eigenvalue weighted by Gasteiger charge is -2.13. The Balaban J connectivity index is 1.60. The number of hydrazone groups is 1. The second kappa shape index (κ2) is 13.1. The number of nitrogens with one attached hydrogen (secondary N) is 2. The molecule has 3 rings (SSSR count). The Labute approximate surface area is 212 Å². The fourth-order valence-corrected chi connectivity index (χ4v) is 3.20. The number of rotatable bonds is 10. The van der Waals surface area contributed by atoms with E-state index in [0.717, 1.165) is 16.5 Å². The minimum absolute atomic E-state index is 0.311. The molecule has 0 fully saturated rings. The molecule has 0 saturated carbocycles. The maximum absolute atomic E-state index is 12.2. The molecule has 3 aromatic rings. The van der Waals surface area contributed by atoms with E-state index in [1.54, 1.807) is 42.5 Å². The zero-order chi connectivity index (χ0) is 25.0. The van der Waals surface area contributed by atoms with E-state index in [1.807, 2.05) is 31.2 Å². The van der Waals surface area contributed by atoms with Crippen LogP contribution in [-0.2, 0) is 16.2 Å². The Bertz CT molecular complexity index is 1160. The predicted octanol–water partition coefficient (Wildman–Crippen LogP) is 4.91. The molecule has 0 aliphatic heterocycles. The van der Waals surface area contributed by atoms with Crippen molar-refractivity contribution in [3.05, 3.63) is 82.3 Å². The van der Waals surface area contributed by atoms with Crippen molar-refractivity contribution in [2.75, 3.05) is 19.0 Å². The monoisotopic (exact) mass is 539 g/mol. The molecule has 8 nitrogen and oxygen atoms in total.